The molecule has 144 valence electrons. The number of carbonyl (C=O) groups excluding carboxylic acids is 1. The van der Waals surface area contributed by atoms with Crippen molar-refractivity contribution in [2.24, 2.45) is 0 Å². The number of para-hydroxylation sites is 1. The van der Waals surface area contributed by atoms with Crippen LogP contribution in [0.15, 0.2) is 30.3 Å². The van der Waals surface area contributed by atoms with Gasteiger partial charge in [0.25, 0.3) is 5.91 Å². The molecule has 0 radical (unpaired) electrons. The molecule has 1 atom stereocenters. The van der Waals surface area contributed by atoms with Crippen molar-refractivity contribution < 1.29 is 9.53 Å². The fourth-order valence-electron chi connectivity index (χ4n) is 2.80. The summed E-state index contributed by atoms with van der Waals surface area (Å²) < 4.78 is 5.65. The van der Waals surface area contributed by atoms with E-state index in [2.05, 4.69) is 25.2 Å². The largest absolute Gasteiger partial charge is 0.481 e. The Morgan fingerprint density at radius 3 is 2.56 bits per heavy atom. The zero-order valence-electron chi connectivity index (χ0n) is 16.1. The lowest BCUT2D eigenvalue weighted by Gasteiger charge is -2.19. The van der Waals surface area contributed by atoms with Gasteiger partial charge in [-0.05, 0) is 31.9 Å². The van der Waals surface area contributed by atoms with Crippen LogP contribution in [0.2, 0.25) is 0 Å². The van der Waals surface area contributed by atoms with Gasteiger partial charge in [0.15, 0.2) is 11.9 Å². The molecule has 2 heterocycles. The van der Waals surface area contributed by atoms with Gasteiger partial charge in [-0.3, -0.25) is 4.79 Å². The first-order valence-electron chi connectivity index (χ1n) is 9.19. The number of hydrogen-bond acceptors (Lipinski definition) is 7. The minimum atomic E-state index is -0.611. The SMILES string of the molecule is CC(Oc1ccccc1)C(=O)NCc1nc(N(C)C)nc(N2CCCC2)n1. The fraction of sp³-hybridized carbons (Fsp3) is 0.474. The monoisotopic (exact) mass is 370 g/mol. The normalized spacial score (nSPS) is 14.7. The molecule has 1 amide bonds. The summed E-state index contributed by atoms with van der Waals surface area (Å²) in [6, 6.07) is 9.28. The second-order valence-electron chi connectivity index (χ2n) is 6.73. The lowest BCUT2D eigenvalue weighted by Crippen LogP contribution is -2.36. The molecular weight excluding hydrogens is 344 g/mol. The second kappa shape index (κ2) is 8.66. The minimum Gasteiger partial charge on any atom is -0.481 e. The number of amides is 1. The number of benzene rings is 1. The fourth-order valence-corrected chi connectivity index (χ4v) is 2.80. The number of aromatic nitrogens is 3. The molecule has 2 aromatic rings. The summed E-state index contributed by atoms with van der Waals surface area (Å²) in [5.41, 5.74) is 0. The maximum atomic E-state index is 12.4. The van der Waals surface area contributed by atoms with Crippen LogP contribution in [0.4, 0.5) is 11.9 Å². The summed E-state index contributed by atoms with van der Waals surface area (Å²) >= 11 is 0. The third-order valence-corrected chi connectivity index (χ3v) is 4.29. The van der Waals surface area contributed by atoms with Gasteiger partial charge in [-0.15, -0.1) is 0 Å². The second-order valence-corrected chi connectivity index (χ2v) is 6.73. The number of carbonyl (C=O) groups is 1. The number of anilines is 2. The van der Waals surface area contributed by atoms with Gasteiger partial charge in [-0.1, -0.05) is 18.2 Å². The van der Waals surface area contributed by atoms with Crippen LogP contribution in [0.25, 0.3) is 0 Å². The smallest absolute Gasteiger partial charge is 0.261 e. The van der Waals surface area contributed by atoms with Gasteiger partial charge < -0.3 is 19.9 Å². The van der Waals surface area contributed by atoms with Gasteiger partial charge in [0.1, 0.15) is 5.75 Å². The molecule has 1 N–H and O–H groups in total. The lowest BCUT2D eigenvalue weighted by atomic mass is 10.3. The van der Waals surface area contributed by atoms with Crippen LogP contribution < -0.4 is 19.9 Å². The highest BCUT2D eigenvalue weighted by atomic mass is 16.5. The van der Waals surface area contributed by atoms with E-state index in [0.717, 1.165) is 25.9 Å². The van der Waals surface area contributed by atoms with Crippen LogP contribution >= 0.6 is 0 Å². The summed E-state index contributed by atoms with van der Waals surface area (Å²) in [4.78, 5) is 29.8. The highest BCUT2D eigenvalue weighted by Gasteiger charge is 2.19. The number of nitrogens with zero attached hydrogens (tertiary/aromatic N) is 5. The van der Waals surface area contributed by atoms with Crippen LogP contribution in [0.5, 0.6) is 5.75 Å². The third-order valence-electron chi connectivity index (χ3n) is 4.29. The quantitative estimate of drug-likeness (QED) is 0.793. The van der Waals surface area contributed by atoms with Gasteiger partial charge in [0, 0.05) is 27.2 Å². The average molecular weight is 370 g/mol. The molecule has 0 bridgehead atoms. The van der Waals surface area contributed by atoms with E-state index >= 15 is 0 Å². The summed E-state index contributed by atoms with van der Waals surface area (Å²) in [5.74, 6) is 2.24. The Morgan fingerprint density at radius 1 is 1.19 bits per heavy atom. The van der Waals surface area contributed by atoms with E-state index in [0.29, 0.717) is 23.5 Å². The highest BCUT2D eigenvalue weighted by Crippen LogP contribution is 2.18. The Bertz CT molecular complexity index is 762. The first-order valence-corrected chi connectivity index (χ1v) is 9.19. The molecule has 1 fully saturated rings. The molecule has 1 saturated heterocycles. The predicted molar refractivity (Wildman–Crippen MR) is 104 cm³/mol. The van der Waals surface area contributed by atoms with Gasteiger partial charge in [0.05, 0.1) is 6.54 Å². The summed E-state index contributed by atoms with van der Waals surface area (Å²) in [6.07, 6.45) is 1.67. The van der Waals surface area contributed by atoms with Crippen molar-refractivity contribution in [2.75, 3.05) is 37.0 Å². The van der Waals surface area contributed by atoms with E-state index in [9.17, 15) is 4.79 Å². The topological polar surface area (TPSA) is 83.5 Å². The molecule has 0 spiro atoms. The van der Waals surface area contributed by atoms with E-state index in [4.69, 9.17) is 4.74 Å². The molecule has 1 aliphatic heterocycles. The molecule has 27 heavy (non-hydrogen) atoms. The molecule has 3 rings (SSSR count). The molecule has 0 aliphatic carbocycles. The van der Waals surface area contributed by atoms with Gasteiger partial charge in [-0.25, -0.2) is 0 Å². The summed E-state index contributed by atoms with van der Waals surface area (Å²) in [7, 11) is 3.78. The highest BCUT2D eigenvalue weighted by molar-refractivity contribution is 5.80. The van der Waals surface area contributed by atoms with Gasteiger partial charge >= 0.3 is 0 Å². The molecule has 1 aromatic carbocycles. The Morgan fingerprint density at radius 2 is 1.89 bits per heavy atom. The number of nitrogens with one attached hydrogen (secondary N) is 1. The standard InChI is InChI=1S/C19H26N6O2/c1-14(27-15-9-5-4-6-10-15)17(26)20-13-16-21-18(24(2)3)23-19(22-16)25-11-7-8-12-25/h4-6,9-10,14H,7-8,11-13H2,1-3H3,(H,20,26). The number of hydrogen-bond donors (Lipinski definition) is 1. The molecule has 8 nitrogen and oxygen atoms in total. The van der Waals surface area contributed by atoms with Crippen molar-refractivity contribution in [3.05, 3.63) is 36.2 Å². The molecule has 1 aliphatic rings. The minimum absolute atomic E-state index is 0.214. The first kappa shape index (κ1) is 18.9. The molecule has 8 heteroatoms. The maximum absolute atomic E-state index is 12.4. The third kappa shape index (κ3) is 5.06. The van der Waals surface area contributed by atoms with Crippen LogP contribution in [-0.2, 0) is 11.3 Å². The van der Waals surface area contributed by atoms with Crippen LogP contribution in [0, 0.1) is 0 Å². The summed E-state index contributed by atoms with van der Waals surface area (Å²) in [6.45, 7) is 3.84. The van der Waals surface area contributed by atoms with Crippen LogP contribution in [0.1, 0.15) is 25.6 Å². The van der Waals surface area contributed by atoms with Crippen LogP contribution in [0.3, 0.4) is 0 Å². The zero-order valence-corrected chi connectivity index (χ0v) is 16.1. The molecule has 1 aromatic heterocycles. The molecule has 1 unspecified atom stereocenters. The van der Waals surface area contributed by atoms with Crippen molar-refractivity contribution >= 4 is 17.8 Å². The number of rotatable bonds is 7. The van der Waals surface area contributed by atoms with Gasteiger partial charge in [0.2, 0.25) is 11.9 Å². The average Bonchev–Trinajstić information content (AvgIpc) is 3.21. The Balaban J connectivity index is 1.64. The Labute approximate surface area is 159 Å². The van der Waals surface area contributed by atoms with Crippen molar-refractivity contribution in [2.45, 2.75) is 32.4 Å². The van der Waals surface area contributed by atoms with Crippen molar-refractivity contribution in [1.82, 2.24) is 20.3 Å². The Kier molecular flexibility index (Phi) is 6.05. The molecule has 0 saturated carbocycles. The lowest BCUT2D eigenvalue weighted by molar-refractivity contribution is -0.127. The van der Waals surface area contributed by atoms with Crippen molar-refractivity contribution in [3.63, 3.8) is 0 Å². The van der Waals surface area contributed by atoms with Crippen LogP contribution in [-0.4, -0.2) is 54.1 Å². The Hall–Kier alpha value is -2.90. The molecular formula is C19H26N6O2. The predicted octanol–water partition coefficient (Wildman–Crippen LogP) is 1.62. The van der Waals surface area contributed by atoms with E-state index in [1.54, 1.807) is 6.92 Å². The van der Waals surface area contributed by atoms with E-state index in [-0.39, 0.29) is 12.5 Å². The van der Waals surface area contributed by atoms with E-state index in [1.807, 2.05) is 49.3 Å². The van der Waals surface area contributed by atoms with Crippen molar-refractivity contribution in [1.29, 1.82) is 0 Å². The van der Waals surface area contributed by atoms with E-state index < -0.39 is 6.10 Å². The number of ether oxygens (including phenoxy) is 1. The first-order chi connectivity index (χ1) is 13.0. The summed E-state index contributed by atoms with van der Waals surface area (Å²) in [5, 5.41) is 2.85. The maximum Gasteiger partial charge on any atom is 0.261 e. The van der Waals surface area contributed by atoms with Gasteiger partial charge in [-0.2, -0.15) is 15.0 Å². The van der Waals surface area contributed by atoms with Crippen molar-refractivity contribution in [3.8, 4) is 5.75 Å². The zero-order chi connectivity index (χ0) is 19.2. The van der Waals surface area contributed by atoms with E-state index in [1.165, 1.54) is 0 Å².